The third-order valence-electron chi connectivity index (χ3n) is 8.54. The Morgan fingerprint density at radius 1 is 0.636 bits per heavy atom. The second-order valence-corrected chi connectivity index (χ2v) is 12.0. The van der Waals surface area contributed by atoms with Crippen LogP contribution in [0.25, 0.3) is 0 Å². The molecule has 1 unspecified atom stereocenters. The first-order chi connectivity index (χ1) is 21.2. The van der Waals surface area contributed by atoms with Crippen LogP contribution in [0.15, 0.2) is 0 Å². The number of esters is 1. The molecule has 0 spiro atoms. The van der Waals surface area contributed by atoms with Gasteiger partial charge in [0, 0.05) is 0 Å². The van der Waals surface area contributed by atoms with E-state index in [9.17, 15) is 40.5 Å². The summed E-state index contributed by atoms with van der Waals surface area (Å²) in [5, 5.41) is 71.2. The Morgan fingerprint density at radius 3 is 1.61 bits per heavy atom. The highest BCUT2D eigenvalue weighted by Crippen LogP contribution is 2.30. The van der Waals surface area contributed by atoms with Crippen molar-refractivity contribution < 1.29 is 64.2 Å². The highest BCUT2D eigenvalue weighted by Gasteiger charge is 2.51. The van der Waals surface area contributed by atoms with Gasteiger partial charge >= 0.3 is 5.97 Å². The molecule has 2 rings (SSSR count). The first-order valence-corrected chi connectivity index (χ1v) is 16.5. The molecule has 2 fully saturated rings. The number of hydrogen-bond acceptors (Lipinski definition) is 13. The van der Waals surface area contributed by atoms with Crippen LogP contribution in [0.4, 0.5) is 0 Å². The largest absolute Gasteiger partial charge is 0.467 e. The molecule has 13 heteroatoms. The normalized spacial score (nSPS) is 33.3. The topological polar surface area (TPSA) is 205 Å². The minimum absolute atomic E-state index is 0.308. The van der Waals surface area contributed by atoms with Crippen molar-refractivity contribution in [1.29, 1.82) is 0 Å². The predicted molar refractivity (Wildman–Crippen MR) is 158 cm³/mol. The lowest BCUT2D eigenvalue weighted by Crippen LogP contribution is -2.65. The summed E-state index contributed by atoms with van der Waals surface area (Å²) < 4.78 is 27.1. The maximum absolute atomic E-state index is 12.4. The Kier molecular flexibility index (Phi) is 19.4. The number of carbonyl (C=O) groups is 1. The summed E-state index contributed by atoms with van der Waals surface area (Å²) in [4.78, 5) is 12.4. The first-order valence-electron chi connectivity index (χ1n) is 16.5. The number of ether oxygens (including phenoxy) is 5. The van der Waals surface area contributed by atoms with E-state index in [1.165, 1.54) is 71.3 Å². The molecule has 0 aromatic carbocycles. The van der Waals surface area contributed by atoms with Crippen LogP contribution in [0.5, 0.6) is 0 Å². The van der Waals surface area contributed by atoms with E-state index >= 15 is 0 Å². The van der Waals surface area contributed by atoms with Gasteiger partial charge in [-0.1, -0.05) is 96.8 Å². The van der Waals surface area contributed by atoms with Gasteiger partial charge in [0.05, 0.1) is 20.3 Å². The van der Waals surface area contributed by atoms with Crippen molar-refractivity contribution in [3.63, 3.8) is 0 Å². The van der Waals surface area contributed by atoms with Crippen molar-refractivity contribution in [2.45, 2.75) is 171 Å². The van der Waals surface area contributed by atoms with E-state index in [0.29, 0.717) is 12.8 Å². The van der Waals surface area contributed by atoms with E-state index in [1.54, 1.807) is 0 Å². The van der Waals surface area contributed by atoms with Gasteiger partial charge < -0.3 is 59.4 Å². The molecular formula is C31H58O13. The van der Waals surface area contributed by atoms with Gasteiger partial charge in [-0.15, -0.1) is 0 Å². The van der Waals surface area contributed by atoms with Crippen LogP contribution >= 0.6 is 0 Å². The van der Waals surface area contributed by atoms with Crippen molar-refractivity contribution >= 4 is 5.97 Å². The van der Waals surface area contributed by atoms with Crippen LogP contribution in [0.1, 0.15) is 103 Å². The first kappa shape index (κ1) is 39.2. The van der Waals surface area contributed by atoms with E-state index in [4.69, 9.17) is 23.7 Å². The highest BCUT2D eigenvalue weighted by molar-refractivity contribution is 5.74. The van der Waals surface area contributed by atoms with Crippen molar-refractivity contribution in [3.05, 3.63) is 0 Å². The quantitative estimate of drug-likeness (QED) is 0.0655. The fourth-order valence-corrected chi connectivity index (χ4v) is 5.73. The molecule has 0 aromatic rings. The number of rotatable bonds is 22. The summed E-state index contributed by atoms with van der Waals surface area (Å²) in [6, 6.07) is 0. The smallest absolute Gasteiger partial charge is 0.335 e. The van der Waals surface area contributed by atoms with Gasteiger partial charge in [0.2, 0.25) is 0 Å². The number of methoxy groups -OCH3 is 1. The van der Waals surface area contributed by atoms with Crippen LogP contribution in [0.2, 0.25) is 0 Å². The van der Waals surface area contributed by atoms with Gasteiger partial charge in [-0.3, -0.25) is 0 Å². The van der Waals surface area contributed by atoms with Gasteiger partial charge in [-0.25, -0.2) is 4.79 Å². The highest BCUT2D eigenvalue weighted by atomic mass is 16.7. The van der Waals surface area contributed by atoms with E-state index in [2.05, 4.69) is 6.92 Å². The van der Waals surface area contributed by atoms with Crippen molar-refractivity contribution in [1.82, 2.24) is 0 Å². The molecule has 13 nitrogen and oxygen atoms in total. The number of unbranched alkanes of at least 4 members (excludes halogenated alkanes) is 13. The zero-order chi connectivity index (χ0) is 32.5. The Labute approximate surface area is 261 Å². The average molecular weight is 639 g/mol. The Bertz CT molecular complexity index is 754. The number of hydrogen-bond donors (Lipinski definition) is 7. The minimum atomic E-state index is -1.76. The lowest BCUT2D eigenvalue weighted by atomic mass is 9.97. The molecule has 2 aliphatic rings. The minimum Gasteiger partial charge on any atom is -0.467 e. The molecule has 0 bridgehead atoms. The summed E-state index contributed by atoms with van der Waals surface area (Å²) in [5.74, 6) is -0.662. The third-order valence-corrected chi connectivity index (χ3v) is 8.54. The third kappa shape index (κ3) is 12.3. The Balaban J connectivity index is 1.78. The second-order valence-electron chi connectivity index (χ2n) is 12.0. The van der Waals surface area contributed by atoms with Crippen LogP contribution in [-0.2, 0) is 28.5 Å². The van der Waals surface area contributed by atoms with Gasteiger partial charge in [0.25, 0.3) is 0 Å². The molecule has 0 saturated carbocycles. The van der Waals surface area contributed by atoms with Gasteiger partial charge in [0.1, 0.15) is 48.8 Å². The molecule has 0 amide bonds. The van der Waals surface area contributed by atoms with E-state index in [1.807, 2.05) is 0 Å². The fourth-order valence-electron chi connectivity index (χ4n) is 5.73. The van der Waals surface area contributed by atoms with Gasteiger partial charge in [-0.05, 0) is 6.42 Å². The molecule has 11 atom stereocenters. The summed E-state index contributed by atoms with van der Waals surface area (Å²) in [6.07, 6.45) is 0.179. The van der Waals surface area contributed by atoms with Crippen LogP contribution in [0, 0.1) is 0 Å². The summed E-state index contributed by atoms with van der Waals surface area (Å²) in [7, 11) is 1.22. The summed E-state index contributed by atoms with van der Waals surface area (Å²) in [5.41, 5.74) is 0. The SMILES string of the molecule is CCCCCCCCCCCCCCCCC(O[C@H]1O[C@H](CO)[C@@H](O[C@@H]2O[C@H](CO)[C@H](O)[C@H](O)[C@H]2O)[C@H](O)[C@H]1O)C(=O)OC. The molecule has 2 saturated heterocycles. The summed E-state index contributed by atoms with van der Waals surface area (Å²) in [6.45, 7) is 0.842. The average Bonchev–Trinajstić information content (AvgIpc) is 3.03. The van der Waals surface area contributed by atoms with Crippen LogP contribution in [-0.4, -0.2) is 130 Å². The molecule has 7 N–H and O–H groups in total. The molecule has 2 heterocycles. The lowest BCUT2D eigenvalue weighted by Gasteiger charge is -2.46. The molecule has 0 aromatic heterocycles. The van der Waals surface area contributed by atoms with Crippen LogP contribution in [0.3, 0.4) is 0 Å². The molecule has 260 valence electrons. The van der Waals surface area contributed by atoms with E-state index in [0.717, 1.165) is 19.3 Å². The van der Waals surface area contributed by atoms with E-state index in [-0.39, 0.29) is 0 Å². The zero-order valence-corrected chi connectivity index (χ0v) is 26.5. The molecular weight excluding hydrogens is 580 g/mol. The Hall–Kier alpha value is -0.970. The molecule has 44 heavy (non-hydrogen) atoms. The number of carbonyl (C=O) groups excluding carboxylic acids is 1. The maximum Gasteiger partial charge on any atom is 0.335 e. The van der Waals surface area contributed by atoms with Gasteiger partial charge in [-0.2, -0.15) is 0 Å². The summed E-state index contributed by atoms with van der Waals surface area (Å²) >= 11 is 0. The van der Waals surface area contributed by atoms with Crippen molar-refractivity contribution in [2.24, 2.45) is 0 Å². The zero-order valence-electron chi connectivity index (χ0n) is 26.5. The van der Waals surface area contributed by atoms with Crippen LogP contribution < -0.4 is 0 Å². The van der Waals surface area contributed by atoms with Crippen molar-refractivity contribution in [3.8, 4) is 0 Å². The monoisotopic (exact) mass is 638 g/mol. The van der Waals surface area contributed by atoms with Gasteiger partial charge in [0.15, 0.2) is 18.7 Å². The maximum atomic E-state index is 12.4. The molecule has 2 aliphatic heterocycles. The number of aliphatic hydroxyl groups is 7. The fraction of sp³-hybridized carbons (Fsp3) is 0.968. The second kappa shape index (κ2) is 21.8. The molecule has 0 aliphatic carbocycles. The lowest BCUT2D eigenvalue weighted by molar-refractivity contribution is -0.362. The predicted octanol–water partition coefficient (Wildman–Crippen LogP) is 1.04. The van der Waals surface area contributed by atoms with E-state index < -0.39 is 86.7 Å². The molecule has 0 radical (unpaired) electrons. The standard InChI is InChI=1S/C31H58O13/c1-3-4-5-6-7-8-9-10-11-12-13-14-15-16-17-20(29(39)40-2)41-30-27(38)25(36)28(22(19-33)43-30)44-31-26(37)24(35)23(34)21(18-32)42-31/h20-28,30-38H,3-19H2,1-2H3/t20?,21-,22-,23+,24+,25-,26-,27-,28-,30+,31+/m1/s1. The Morgan fingerprint density at radius 2 is 1.11 bits per heavy atom. The van der Waals surface area contributed by atoms with Crippen molar-refractivity contribution in [2.75, 3.05) is 20.3 Å². The number of aliphatic hydroxyl groups excluding tert-OH is 7.